The molecule has 0 atom stereocenters. The van der Waals surface area contributed by atoms with Gasteiger partial charge in [-0.25, -0.2) is 0 Å². The molecule has 3 nitrogen and oxygen atoms in total. The Morgan fingerprint density at radius 1 is 1.17 bits per heavy atom. The molecule has 0 bridgehead atoms. The molecule has 2 N–H and O–H groups in total. The smallest absolute Gasteiger partial charge is 0.224 e. The van der Waals surface area contributed by atoms with Crippen LogP contribution in [-0.4, -0.2) is 12.5 Å². The third-order valence-electron chi connectivity index (χ3n) is 2.46. The van der Waals surface area contributed by atoms with Gasteiger partial charge in [0.05, 0.1) is 21.4 Å². The highest BCUT2D eigenvalue weighted by molar-refractivity contribution is 6.42. The Labute approximate surface area is 118 Å². The van der Waals surface area contributed by atoms with E-state index in [1.54, 1.807) is 12.1 Å². The van der Waals surface area contributed by atoms with Gasteiger partial charge < -0.3 is 10.6 Å². The lowest BCUT2D eigenvalue weighted by Crippen LogP contribution is -2.13. The van der Waals surface area contributed by atoms with E-state index in [-0.39, 0.29) is 5.91 Å². The Bertz CT molecular complexity index is 422. The number of unbranched alkanes of at least 4 members (excludes halogenated alkanes) is 1. The van der Waals surface area contributed by atoms with E-state index in [9.17, 15) is 4.79 Å². The molecular formula is C13H18Cl2N2O. The van der Waals surface area contributed by atoms with E-state index in [1.807, 2.05) is 6.92 Å². The van der Waals surface area contributed by atoms with Crippen molar-refractivity contribution in [1.82, 2.24) is 0 Å². The Morgan fingerprint density at radius 3 is 2.33 bits per heavy atom. The van der Waals surface area contributed by atoms with Crippen LogP contribution in [0.2, 0.25) is 10.0 Å². The molecule has 0 aliphatic heterocycles. The van der Waals surface area contributed by atoms with Gasteiger partial charge in [-0.15, -0.1) is 0 Å². The zero-order chi connectivity index (χ0) is 13.5. The second kappa shape index (κ2) is 7.49. The van der Waals surface area contributed by atoms with Crippen LogP contribution in [0.15, 0.2) is 12.1 Å². The maximum Gasteiger partial charge on any atom is 0.224 e. The highest BCUT2D eigenvalue weighted by Gasteiger charge is 2.09. The highest BCUT2D eigenvalue weighted by atomic mass is 35.5. The van der Waals surface area contributed by atoms with Crippen LogP contribution in [-0.2, 0) is 4.79 Å². The quantitative estimate of drug-likeness (QED) is 0.806. The Kier molecular flexibility index (Phi) is 6.30. The van der Waals surface area contributed by atoms with Gasteiger partial charge in [-0.3, -0.25) is 4.79 Å². The van der Waals surface area contributed by atoms with Gasteiger partial charge in [-0.05, 0) is 25.5 Å². The van der Waals surface area contributed by atoms with Crippen molar-refractivity contribution in [3.63, 3.8) is 0 Å². The lowest BCUT2D eigenvalue weighted by Gasteiger charge is -2.13. The minimum atomic E-state index is -0.00519. The molecule has 100 valence electrons. The van der Waals surface area contributed by atoms with E-state index in [0.29, 0.717) is 22.2 Å². The molecule has 5 heteroatoms. The van der Waals surface area contributed by atoms with E-state index in [4.69, 9.17) is 23.2 Å². The fourth-order valence-corrected chi connectivity index (χ4v) is 1.86. The fraction of sp³-hybridized carbons (Fsp3) is 0.462. The lowest BCUT2D eigenvalue weighted by molar-refractivity contribution is -0.116. The topological polar surface area (TPSA) is 41.1 Å². The number of carbonyl (C=O) groups excluding carboxylic acids is 1. The SMILES string of the molecule is CCCCC(=O)Nc1cc(Cl)c(Cl)cc1NCC. The largest absolute Gasteiger partial charge is 0.384 e. The minimum Gasteiger partial charge on any atom is -0.384 e. The van der Waals surface area contributed by atoms with Crippen LogP contribution in [0.4, 0.5) is 11.4 Å². The summed E-state index contributed by atoms with van der Waals surface area (Å²) in [6.07, 6.45) is 2.39. The number of rotatable bonds is 6. The van der Waals surface area contributed by atoms with Crippen LogP contribution in [0.5, 0.6) is 0 Å². The number of nitrogens with one attached hydrogen (secondary N) is 2. The molecule has 0 radical (unpaired) electrons. The first-order valence-corrected chi connectivity index (χ1v) is 6.86. The Hall–Kier alpha value is -0.930. The summed E-state index contributed by atoms with van der Waals surface area (Å²) in [6.45, 7) is 4.78. The van der Waals surface area contributed by atoms with Gasteiger partial charge in [-0.1, -0.05) is 36.5 Å². The molecule has 1 aromatic rings. The zero-order valence-electron chi connectivity index (χ0n) is 10.6. The maximum absolute atomic E-state index is 11.7. The predicted octanol–water partition coefficient (Wildman–Crippen LogP) is 4.55. The summed E-state index contributed by atoms with van der Waals surface area (Å²) in [5.41, 5.74) is 1.46. The summed E-state index contributed by atoms with van der Waals surface area (Å²) in [4.78, 5) is 11.7. The molecule has 1 amide bonds. The van der Waals surface area contributed by atoms with Gasteiger partial charge in [0.1, 0.15) is 0 Å². The van der Waals surface area contributed by atoms with Gasteiger partial charge in [0, 0.05) is 13.0 Å². The average molecular weight is 289 g/mol. The van der Waals surface area contributed by atoms with Crippen LogP contribution in [0.25, 0.3) is 0 Å². The van der Waals surface area contributed by atoms with Crippen molar-refractivity contribution in [2.45, 2.75) is 33.1 Å². The van der Waals surface area contributed by atoms with Crippen LogP contribution >= 0.6 is 23.2 Å². The van der Waals surface area contributed by atoms with E-state index < -0.39 is 0 Å². The highest BCUT2D eigenvalue weighted by Crippen LogP contribution is 2.32. The number of carbonyl (C=O) groups is 1. The van der Waals surface area contributed by atoms with Crippen molar-refractivity contribution in [2.24, 2.45) is 0 Å². The van der Waals surface area contributed by atoms with Crippen molar-refractivity contribution in [3.8, 4) is 0 Å². The normalized spacial score (nSPS) is 10.2. The van der Waals surface area contributed by atoms with Gasteiger partial charge in [0.15, 0.2) is 0 Å². The minimum absolute atomic E-state index is 0.00519. The predicted molar refractivity (Wildman–Crippen MR) is 78.8 cm³/mol. The molecular weight excluding hydrogens is 271 g/mol. The monoisotopic (exact) mass is 288 g/mol. The average Bonchev–Trinajstić information content (AvgIpc) is 2.33. The van der Waals surface area contributed by atoms with Gasteiger partial charge >= 0.3 is 0 Å². The van der Waals surface area contributed by atoms with Gasteiger partial charge in [0.2, 0.25) is 5.91 Å². The molecule has 0 saturated carbocycles. The van der Waals surface area contributed by atoms with Crippen LogP contribution in [0.1, 0.15) is 33.1 Å². The summed E-state index contributed by atoms with van der Waals surface area (Å²) < 4.78 is 0. The number of hydrogen-bond donors (Lipinski definition) is 2. The summed E-state index contributed by atoms with van der Waals surface area (Å²) >= 11 is 11.9. The third-order valence-corrected chi connectivity index (χ3v) is 3.18. The maximum atomic E-state index is 11.7. The molecule has 0 saturated heterocycles. The molecule has 0 fully saturated rings. The van der Waals surface area contributed by atoms with Crippen LogP contribution < -0.4 is 10.6 Å². The number of hydrogen-bond acceptors (Lipinski definition) is 2. The molecule has 0 aromatic heterocycles. The summed E-state index contributed by atoms with van der Waals surface area (Å²) in [7, 11) is 0. The number of anilines is 2. The van der Waals surface area contributed by atoms with Crippen molar-refractivity contribution >= 4 is 40.5 Å². The van der Waals surface area contributed by atoms with Gasteiger partial charge in [-0.2, -0.15) is 0 Å². The van der Waals surface area contributed by atoms with E-state index in [2.05, 4.69) is 17.6 Å². The first kappa shape index (κ1) is 15.1. The molecule has 0 aliphatic rings. The van der Waals surface area contributed by atoms with Crippen molar-refractivity contribution in [2.75, 3.05) is 17.2 Å². The molecule has 0 spiro atoms. The van der Waals surface area contributed by atoms with E-state index in [0.717, 1.165) is 25.1 Å². The van der Waals surface area contributed by atoms with Crippen LogP contribution in [0.3, 0.4) is 0 Å². The summed E-state index contributed by atoms with van der Waals surface area (Å²) in [5.74, 6) is -0.00519. The number of amides is 1. The molecule has 0 unspecified atom stereocenters. The zero-order valence-corrected chi connectivity index (χ0v) is 12.2. The third kappa shape index (κ3) is 4.39. The van der Waals surface area contributed by atoms with E-state index in [1.165, 1.54) is 0 Å². The summed E-state index contributed by atoms with van der Waals surface area (Å²) in [6, 6.07) is 3.40. The first-order valence-electron chi connectivity index (χ1n) is 6.11. The van der Waals surface area contributed by atoms with Crippen molar-refractivity contribution in [1.29, 1.82) is 0 Å². The standard InChI is InChI=1S/C13H18Cl2N2O/c1-3-5-6-13(18)17-12-8-10(15)9(14)7-11(12)16-4-2/h7-8,16H,3-6H2,1-2H3,(H,17,18). The second-order valence-electron chi connectivity index (χ2n) is 3.99. The molecule has 0 aliphatic carbocycles. The molecule has 0 heterocycles. The fourth-order valence-electron chi connectivity index (χ4n) is 1.54. The van der Waals surface area contributed by atoms with Gasteiger partial charge in [0.25, 0.3) is 0 Å². The van der Waals surface area contributed by atoms with Crippen molar-refractivity contribution in [3.05, 3.63) is 22.2 Å². The number of halogens is 2. The molecule has 18 heavy (non-hydrogen) atoms. The second-order valence-corrected chi connectivity index (χ2v) is 4.81. The first-order chi connectivity index (χ1) is 8.58. The summed E-state index contributed by atoms with van der Waals surface area (Å²) in [5, 5.41) is 6.91. The van der Waals surface area contributed by atoms with E-state index >= 15 is 0 Å². The van der Waals surface area contributed by atoms with Crippen molar-refractivity contribution < 1.29 is 4.79 Å². The molecule has 1 rings (SSSR count). The Morgan fingerprint density at radius 2 is 1.78 bits per heavy atom. The lowest BCUT2D eigenvalue weighted by atomic mass is 10.2. The molecule has 1 aromatic carbocycles. The Balaban J connectivity index is 2.85. The van der Waals surface area contributed by atoms with Crippen LogP contribution in [0, 0.1) is 0 Å². The number of benzene rings is 1.